The minimum Gasteiger partial charge on any atom is -0.324 e. The minimum absolute atomic E-state index is 0.118. The highest BCUT2D eigenvalue weighted by Gasteiger charge is 2.04. The predicted octanol–water partition coefficient (Wildman–Crippen LogP) is 3.83. The van der Waals surface area contributed by atoms with E-state index in [0.717, 1.165) is 10.0 Å². The molecule has 5 heteroatoms. The van der Waals surface area contributed by atoms with E-state index in [0.29, 0.717) is 17.3 Å². The molecular weight excluding hydrogens is 340 g/mol. The summed E-state index contributed by atoms with van der Waals surface area (Å²) in [6, 6.07) is 15.1. The van der Waals surface area contributed by atoms with E-state index in [1.807, 2.05) is 36.4 Å². The molecule has 2 aromatic carbocycles. The van der Waals surface area contributed by atoms with Crippen molar-refractivity contribution in [2.24, 2.45) is 0 Å². The van der Waals surface area contributed by atoms with Crippen LogP contribution in [0.2, 0.25) is 5.02 Å². The van der Waals surface area contributed by atoms with Gasteiger partial charge >= 0.3 is 0 Å². The second-order valence-electron chi connectivity index (χ2n) is 4.26. The summed E-state index contributed by atoms with van der Waals surface area (Å²) in [5.74, 6) is -0.118. The highest BCUT2D eigenvalue weighted by molar-refractivity contribution is 9.10. The van der Waals surface area contributed by atoms with Crippen LogP contribution in [0.5, 0.6) is 0 Å². The number of nitrogens with one attached hydrogen (secondary N) is 2. The Kier molecular flexibility index (Phi) is 5.59. The molecule has 1 amide bonds. The molecule has 0 saturated carbocycles. The molecule has 0 unspecified atom stereocenters. The van der Waals surface area contributed by atoms with Gasteiger partial charge in [-0.1, -0.05) is 51.8 Å². The van der Waals surface area contributed by atoms with E-state index in [2.05, 4.69) is 26.6 Å². The molecule has 0 bridgehead atoms. The molecule has 2 rings (SSSR count). The maximum absolute atomic E-state index is 11.8. The van der Waals surface area contributed by atoms with Crippen LogP contribution in [0.15, 0.2) is 53.0 Å². The lowest BCUT2D eigenvalue weighted by molar-refractivity contribution is -0.115. The first-order valence-electron chi connectivity index (χ1n) is 6.15. The molecule has 0 aromatic heterocycles. The van der Waals surface area contributed by atoms with Crippen LogP contribution >= 0.6 is 27.5 Å². The lowest BCUT2D eigenvalue weighted by atomic mass is 10.2. The summed E-state index contributed by atoms with van der Waals surface area (Å²) >= 11 is 9.39. The molecule has 0 radical (unpaired) electrons. The van der Waals surface area contributed by atoms with Crippen LogP contribution in [0.25, 0.3) is 0 Å². The Bertz CT molecular complexity index is 604. The Balaban J connectivity index is 1.80. The topological polar surface area (TPSA) is 41.1 Å². The molecule has 0 aliphatic rings. The minimum atomic E-state index is -0.118. The number of para-hydroxylation sites is 1. The monoisotopic (exact) mass is 352 g/mol. The number of carbonyl (C=O) groups is 1. The second kappa shape index (κ2) is 7.43. The fraction of sp³-hybridized carbons (Fsp3) is 0.133. The van der Waals surface area contributed by atoms with Crippen LogP contribution in [0.3, 0.4) is 0 Å². The number of halogens is 2. The summed E-state index contributed by atoms with van der Waals surface area (Å²) in [6.45, 7) is 0.868. The van der Waals surface area contributed by atoms with E-state index in [9.17, 15) is 4.79 Å². The fourth-order valence-electron chi connectivity index (χ4n) is 1.72. The first kappa shape index (κ1) is 15.0. The van der Waals surface area contributed by atoms with Gasteiger partial charge in [-0.3, -0.25) is 4.79 Å². The molecule has 0 aliphatic carbocycles. The normalized spacial score (nSPS) is 10.3. The Morgan fingerprint density at radius 2 is 1.95 bits per heavy atom. The van der Waals surface area contributed by atoms with Crippen LogP contribution in [-0.2, 0) is 11.3 Å². The van der Waals surface area contributed by atoms with Gasteiger partial charge in [0, 0.05) is 11.0 Å². The SMILES string of the molecule is O=C(CNCc1cccc(Br)c1)Nc1ccccc1Cl. The molecule has 0 heterocycles. The number of carbonyl (C=O) groups excluding carboxylic acids is 1. The van der Waals surface area contributed by atoms with E-state index in [4.69, 9.17) is 11.6 Å². The smallest absolute Gasteiger partial charge is 0.238 e. The van der Waals surface area contributed by atoms with Gasteiger partial charge in [-0.2, -0.15) is 0 Å². The van der Waals surface area contributed by atoms with Crippen molar-refractivity contribution in [3.8, 4) is 0 Å². The van der Waals surface area contributed by atoms with Crippen molar-refractivity contribution in [1.82, 2.24) is 5.32 Å². The van der Waals surface area contributed by atoms with Crippen LogP contribution < -0.4 is 10.6 Å². The molecule has 20 heavy (non-hydrogen) atoms. The number of hydrogen-bond acceptors (Lipinski definition) is 2. The van der Waals surface area contributed by atoms with Crippen molar-refractivity contribution in [3.63, 3.8) is 0 Å². The summed E-state index contributed by atoms with van der Waals surface area (Å²) in [6.07, 6.45) is 0. The third-order valence-corrected chi connectivity index (χ3v) is 3.47. The zero-order valence-electron chi connectivity index (χ0n) is 10.7. The molecule has 0 saturated heterocycles. The molecule has 2 N–H and O–H groups in total. The number of amides is 1. The van der Waals surface area contributed by atoms with Crippen LogP contribution in [0.4, 0.5) is 5.69 Å². The van der Waals surface area contributed by atoms with Gasteiger partial charge in [0.1, 0.15) is 0 Å². The summed E-state index contributed by atoms with van der Waals surface area (Å²) in [7, 11) is 0. The van der Waals surface area contributed by atoms with E-state index < -0.39 is 0 Å². The van der Waals surface area contributed by atoms with Gasteiger partial charge in [0.05, 0.1) is 17.3 Å². The molecule has 0 aliphatic heterocycles. The zero-order chi connectivity index (χ0) is 14.4. The van der Waals surface area contributed by atoms with E-state index >= 15 is 0 Å². The third-order valence-electron chi connectivity index (χ3n) is 2.65. The van der Waals surface area contributed by atoms with Gasteiger partial charge in [-0.05, 0) is 29.8 Å². The van der Waals surface area contributed by atoms with Gasteiger partial charge in [-0.15, -0.1) is 0 Å². The van der Waals surface area contributed by atoms with Crippen molar-refractivity contribution in [1.29, 1.82) is 0 Å². The van der Waals surface area contributed by atoms with Crippen molar-refractivity contribution in [3.05, 3.63) is 63.6 Å². The standard InChI is InChI=1S/C15H14BrClN2O/c16-12-5-3-4-11(8-12)9-18-10-15(20)19-14-7-2-1-6-13(14)17/h1-8,18H,9-10H2,(H,19,20). The average molecular weight is 354 g/mol. The molecule has 0 fully saturated rings. The maximum atomic E-state index is 11.8. The first-order chi connectivity index (χ1) is 9.65. The van der Waals surface area contributed by atoms with Crippen molar-refractivity contribution in [2.45, 2.75) is 6.54 Å². The quantitative estimate of drug-likeness (QED) is 0.857. The highest BCUT2D eigenvalue weighted by atomic mass is 79.9. The van der Waals surface area contributed by atoms with E-state index in [1.165, 1.54) is 0 Å². The van der Waals surface area contributed by atoms with Crippen LogP contribution in [0, 0.1) is 0 Å². The summed E-state index contributed by atoms with van der Waals surface area (Å²) < 4.78 is 1.03. The third kappa shape index (κ3) is 4.63. The predicted molar refractivity (Wildman–Crippen MR) is 85.9 cm³/mol. The number of benzene rings is 2. The molecule has 0 spiro atoms. The Morgan fingerprint density at radius 1 is 1.15 bits per heavy atom. The molecule has 2 aromatic rings. The van der Waals surface area contributed by atoms with Gasteiger partial charge in [-0.25, -0.2) is 0 Å². The molecule has 0 atom stereocenters. The second-order valence-corrected chi connectivity index (χ2v) is 5.58. The van der Waals surface area contributed by atoms with Gasteiger partial charge in [0.25, 0.3) is 0 Å². The lowest BCUT2D eigenvalue weighted by Crippen LogP contribution is -2.27. The van der Waals surface area contributed by atoms with E-state index in [-0.39, 0.29) is 12.5 Å². The summed E-state index contributed by atoms with van der Waals surface area (Å²) in [5, 5.41) is 6.39. The Hall–Kier alpha value is -1.36. The fourth-order valence-corrected chi connectivity index (χ4v) is 2.35. The molecular formula is C15H14BrClN2O. The average Bonchev–Trinajstić information content (AvgIpc) is 2.41. The van der Waals surface area contributed by atoms with Crippen molar-refractivity contribution < 1.29 is 4.79 Å². The summed E-state index contributed by atoms with van der Waals surface area (Å²) in [4.78, 5) is 11.8. The van der Waals surface area contributed by atoms with Gasteiger partial charge < -0.3 is 10.6 Å². The Morgan fingerprint density at radius 3 is 2.70 bits per heavy atom. The first-order valence-corrected chi connectivity index (χ1v) is 7.32. The molecule has 104 valence electrons. The molecule has 3 nitrogen and oxygen atoms in total. The van der Waals surface area contributed by atoms with Gasteiger partial charge in [0.2, 0.25) is 5.91 Å². The zero-order valence-corrected chi connectivity index (χ0v) is 13.0. The highest BCUT2D eigenvalue weighted by Crippen LogP contribution is 2.20. The van der Waals surface area contributed by atoms with Crippen LogP contribution in [0.1, 0.15) is 5.56 Å². The maximum Gasteiger partial charge on any atom is 0.238 e. The largest absolute Gasteiger partial charge is 0.324 e. The summed E-state index contributed by atoms with van der Waals surface area (Å²) in [5.41, 5.74) is 1.74. The van der Waals surface area contributed by atoms with Gasteiger partial charge in [0.15, 0.2) is 0 Å². The lowest BCUT2D eigenvalue weighted by Gasteiger charge is -2.08. The Labute approximate surface area is 131 Å². The van der Waals surface area contributed by atoms with E-state index in [1.54, 1.807) is 12.1 Å². The van der Waals surface area contributed by atoms with Crippen molar-refractivity contribution in [2.75, 3.05) is 11.9 Å². The van der Waals surface area contributed by atoms with Crippen molar-refractivity contribution >= 4 is 39.1 Å². The number of anilines is 1. The number of hydrogen-bond donors (Lipinski definition) is 2. The number of rotatable bonds is 5. The van der Waals surface area contributed by atoms with Crippen LogP contribution in [-0.4, -0.2) is 12.5 Å².